The maximum Gasteiger partial charge on any atom is 0.335 e. The Morgan fingerprint density at radius 2 is 1.53 bits per heavy atom. The molecule has 0 saturated carbocycles. The van der Waals surface area contributed by atoms with E-state index in [0.717, 1.165) is 18.4 Å². The average Bonchev–Trinajstić information content (AvgIpc) is 2.11. The van der Waals surface area contributed by atoms with Gasteiger partial charge < -0.3 is 5.11 Å². The second-order valence-corrected chi connectivity index (χ2v) is 7.77. The Bertz CT molecular complexity index is 459. The zero-order chi connectivity index (χ0) is 14.8. The number of hydrogen-bond acceptors (Lipinski definition) is 1. The van der Waals surface area contributed by atoms with Crippen molar-refractivity contribution in [3.8, 4) is 0 Å². The molecule has 0 aliphatic rings. The minimum Gasteiger partial charge on any atom is -0.478 e. The SMILES string of the molecule is CC(C)(C)Cc1ccc(C(=O)O)c(CC(C)(C)C)c1. The number of carboxylic acid groups (broad SMARTS) is 1. The van der Waals surface area contributed by atoms with Gasteiger partial charge >= 0.3 is 5.97 Å². The molecule has 2 heteroatoms. The summed E-state index contributed by atoms with van der Waals surface area (Å²) < 4.78 is 0. The van der Waals surface area contributed by atoms with Crippen molar-refractivity contribution in [1.29, 1.82) is 0 Å². The molecule has 1 aromatic rings. The molecule has 0 aromatic heterocycles. The third kappa shape index (κ3) is 5.46. The molecule has 0 radical (unpaired) electrons. The highest BCUT2D eigenvalue weighted by molar-refractivity contribution is 5.89. The van der Waals surface area contributed by atoms with Crippen LogP contribution in [0.2, 0.25) is 0 Å². The summed E-state index contributed by atoms with van der Waals surface area (Å²) in [6.07, 6.45) is 1.75. The van der Waals surface area contributed by atoms with Crippen molar-refractivity contribution >= 4 is 5.97 Å². The van der Waals surface area contributed by atoms with E-state index in [1.807, 2.05) is 6.07 Å². The highest BCUT2D eigenvalue weighted by Crippen LogP contribution is 2.27. The fraction of sp³-hybridized carbons (Fsp3) is 0.588. The Morgan fingerprint density at radius 3 is 1.95 bits per heavy atom. The molecular formula is C17H26O2. The summed E-state index contributed by atoms with van der Waals surface area (Å²) in [4.78, 5) is 11.3. The molecule has 1 aromatic carbocycles. The van der Waals surface area contributed by atoms with Crippen LogP contribution in [0.1, 0.15) is 63.0 Å². The van der Waals surface area contributed by atoms with Crippen LogP contribution >= 0.6 is 0 Å². The average molecular weight is 262 g/mol. The number of carboxylic acids is 1. The Kier molecular flexibility index (Phi) is 4.44. The van der Waals surface area contributed by atoms with Crippen molar-refractivity contribution < 1.29 is 9.90 Å². The Morgan fingerprint density at radius 1 is 1.00 bits per heavy atom. The Labute approximate surface area is 116 Å². The predicted molar refractivity (Wildman–Crippen MR) is 79.7 cm³/mol. The summed E-state index contributed by atoms with van der Waals surface area (Å²) in [6, 6.07) is 5.77. The topological polar surface area (TPSA) is 37.3 Å². The van der Waals surface area contributed by atoms with E-state index in [9.17, 15) is 9.90 Å². The van der Waals surface area contributed by atoms with E-state index >= 15 is 0 Å². The van der Waals surface area contributed by atoms with Crippen molar-refractivity contribution in [1.82, 2.24) is 0 Å². The van der Waals surface area contributed by atoms with Gasteiger partial charge in [-0.15, -0.1) is 0 Å². The zero-order valence-electron chi connectivity index (χ0n) is 13.0. The smallest absolute Gasteiger partial charge is 0.335 e. The van der Waals surface area contributed by atoms with Crippen LogP contribution in [0.3, 0.4) is 0 Å². The molecule has 0 amide bonds. The van der Waals surface area contributed by atoms with Crippen LogP contribution in [0.5, 0.6) is 0 Å². The van der Waals surface area contributed by atoms with E-state index in [4.69, 9.17) is 0 Å². The Balaban J connectivity index is 3.15. The summed E-state index contributed by atoms with van der Waals surface area (Å²) in [6.45, 7) is 13.0. The minimum absolute atomic E-state index is 0.0879. The third-order valence-electron chi connectivity index (χ3n) is 2.86. The number of benzene rings is 1. The van der Waals surface area contributed by atoms with Gasteiger partial charge in [0.15, 0.2) is 0 Å². The summed E-state index contributed by atoms with van der Waals surface area (Å²) in [5, 5.41) is 9.29. The monoisotopic (exact) mass is 262 g/mol. The van der Waals surface area contributed by atoms with Gasteiger partial charge in [0.2, 0.25) is 0 Å². The second kappa shape index (κ2) is 5.36. The lowest BCUT2D eigenvalue weighted by molar-refractivity contribution is 0.0695. The first-order valence-corrected chi connectivity index (χ1v) is 6.83. The van der Waals surface area contributed by atoms with E-state index in [-0.39, 0.29) is 10.8 Å². The molecule has 0 aliphatic carbocycles. The molecule has 0 fully saturated rings. The maximum absolute atomic E-state index is 11.3. The quantitative estimate of drug-likeness (QED) is 0.867. The van der Waals surface area contributed by atoms with Crippen LogP contribution in [-0.2, 0) is 12.8 Å². The van der Waals surface area contributed by atoms with E-state index in [1.165, 1.54) is 5.56 Å². The molecule has 1 N–H and O–H groups in total. The van der Waals surface area contributed by atoms with Crippen molar-refractivity contribution in [2.75, 3.05) is 0 Å². The number of hydrogen-bond donors (Lipinski definition) is 1. The first kappa shape index (κ1) is 15.7. The fourth-order valence-electron chi connectivity index (χ4n) is 2.30. The highest BCUT2D eigenvalue weighted by atomic mass is 16.4. The normalized spacial score (nSPS) is 12.5. The summed E-state index contributed by atoms with van der Waals surface area (Å²) in [5.41, 5.74) is 2.90. The summed E-state index contributed by atoms with van der Waals surface area (Å²) in [7, 11) is 0. The van der Waals surface area contributed by atoms with E-state index < -0.39 is 5.97 Å². The van der Waals surface area contributed by atoms with Crippen LogP contribution in [0.4, 0.5) is 0 Å². The van der Waals surface area contributed by atoms with Crippen LogP contribution < -0.4 is 0 Å². The van der Waals surface area contributed by atoms with Crippen LogP contribution in [-0.4, -0.2) is 11.1 Å². The fourth-order valence-corrected chi connectivity index (χ4v) is 2.30. The Hall–Kier alpha value is -1.31. The highest BCUT2D eigenvalue weighted by Gasteiger charge is 2.19. The van der Waals surface area contributed by atoms with Gasteiger partial charge in [-0.2, -0.15) is 0 Å². The van der Waals surface area contributed by atoms with Gasteiger partial charge in [0.25, 0.3) is 0 Å². The van der Waals surface area contributed by atoms with E-state index in [0.29, 0.717) is 5.56 Å². The van der Waals surface area contributed by atoms with E-state index in [1.54, 1.807) is 6.07 Å². The van der Waals surface area contributed by atoms with Crippen molar-refractivity contribution in [3.05, 3.63) is 34.9 Å². The minimum atomic E-state index is -0.832. The van der Waals surface area contributed by atoms with Gasteiger partial charge in [0, 0.05) is 0 Å². The molecular weight excluding hydrogens is 236 g/mol. The van der Waals surface area contributed by atoms with Crippen molar-refractivity contribution in [2.24, 2.45) is 10.8 Å². The number of rotatable bonds is 3. The first-order valence-electron chi connectivity index (χ1n) is 6.83. The lowest BCUT2D eigenvalue weighted by atomic mass is 9.83. The van der Waals surface area contributed by atoms with Gasteiger partial charge in [0.05, 0.1) is 5.56 Å². The maximum atomic E-state index is 11.3. The molecule has 0 heterocycles. The van der Waals surface area contributed by atoms with Gasteiger partial charge in [-0.05, 0) is 40.9 Å². The first-order chi connectivity index (χ1) is 8.48. The summed E-state index contributed by atoms with van der Waals surface area (Å²) >= 11 is 0. The largest absolute Gasteiger partial charge is 0.478 e. The molecule has 106 valence electrons. The lowest BCUT2D eigenvalue weighted by Crippen LogP contribution is -2.15. The van der Waals surface area contributed by atoms with E-state index in [2.05, 4.69) is 47.6 Å². The molecule has 0 saturated heterocycles. The molecule has 0 spiro atoms. The van der Waals surface area contributed by atoms with Crippen molar-refractivity contribution in [3.63, 3.8) is 0 Å². The summed E-state index contributed by atoms with van der Waals surface area (Å²) in [5.74, 6) is -0.832. The molecule has 19 heavy (non-hydrogen) atoms. The number of aromatic carboxylic acids is 1. The lowest BCUT2D eigenvalue weighted by Gasteiger charge is -2.22. The van der Waals surface area contributed by atoms with Gasteiger partial charge in [-0.1, -0.05) is 53.7 Å². The molecule has 0 unspecified atom stereocenters. The molecule has 2 nitrogen and oxygen atoms in total. The molecule has 0 aliphatic heterocycles. The van der Waals surface area contributed by atoms with Crippen LogP contribution in [0, 0.1) is 10.8 Å². The van der Waals surface area contributed by atoms with Gasteiger partial charge in [0.1, 0.15) is 0 Å². The van der Waals surface area contributed by atoms with Crippen LogP contribution in [0.25, 0.3) is 0 Å². The standard InChI is InChI=1S/C17H26O2/c1-16(2,3)10-12-7-8-14(15(18)19)13(9-12)11-17(4,5)6/h7-9H,10-11H2,1-6H3,(H,18,19). The molecule has 1 rings (SSSR count). The molecule has 0 atom stereocenters. The van der Waals surface area contributed by atoms with Crippen LogP contribution in [0.15, 0.2) is 18.2 Å². The van der Waals surface area contributed by atoms with Gasteiger partial charge in [-0.25, -0.2) is 4.79 Å². The zero-order valence-corrected chi connectivity index (χ0v) is 13.0. The number of carbonyl (C=O) groups is 1. The van der Waals surface area contributed by atoms with Gasteiger partial charge in [-0.3, -0.25) is 0 Å². The predicted octanol–water partition coefficient (Wildman–Crippen LogP) is 4.56. The second-order valence-electron chi connectivity index (χ2n) is 7.77. The third-order valence-corrected chi connectivity index (χ3v) is 2.86. The molecule has 0 bridgehead atoms. The van der Waals surface area contributed by atoms with Crippen molar-refractivity contribution in [2.45, 2.75) is 54.4 Å².